The number of aryl methyl sites for hydroxylation is 1. The molecule has 0 bridgehead atoms. The molecule has 0 unspecified atom stereocenters. The van der Waals surface area contributed by atoms with E-state index in [2.05, 4.69) is 24.3 Å². The molecule has 1 N–H and O–H groups in total. The van der Waals surface area contributed by atoms with E-state index < -0.39 is 0 Å². The highest BCUT2D eigenvalue weighted by molar-refractivity contribution is 5.78. The molecule has 0 saturated carbocycles. The van der Waals surface area contributed by atoms with Crippen LogP contribution >= 0.6 is 0 Å². The minimum Gasteiger partial charge on any atom is -0.504 e. The van der Waals surface area contributed by atoms with Gasteiger partial charge in [0.2, 0.25) is 0 Å². The lowest BCUT2D eigenvalue weighted by Crippen LogP contribution is -2.41. The first-order chi connectivity index (χ1) is 12.2. The Hall–Kier alpha value is -2.49. The van der Waals surface area contributed by atoms with Crippen LogP contribution in [-0.4, -0.2) is 35.6 Å². The van der Waals surface area contributed by atoms with Crippen molar-refractivity contribution in [2.45, 2.75) is 25.7 Å². The number of benzene rings is 2. The van der Waals surface area contributed by atoms with Crippen LogP contribution in [0.15, 0.2) is 54.6 Å². The van der Waals surface area contributed by atoms with E-state index in [1.54, 1.807) is 24.3 Å². The number of amides is 1. The van der Waals surface area contributed by atoms with Gasteiger partial charge in [0.05, 0.1) is 0 Å². The van der Waals surface area contributed by atoms with Gasteiger partial charge in [0.25, 0.3) is 5.91 Å². The van der Waals surface area contributed by atoms with Crippen molar-refractivity contribution in [3.05, 3.63) is 60.2 Å². The number of nitrogens with zero attached hydrogens (tertiary/aromatic N) is 1. The van der Waals surface area contributed by atoms with Gasteiger partial charge in [-0.15, -0.1) is 0 Å². The molecule has 1 fully saturated rings. The second-order valence-electron chi connectivity index (χ2n) is 6.60. The fourth-order valence-electron chi connectivity index (χ4n) is 3.30. The van der Waals surface area contributed by atoms with Crippen LogP contribution in [0.25, 0.3) is 0 Å². The maximum absolute atomic E-state index is 12.3. The lowest BCUT2D eigenvalue weighted by Gasteiger charge is -2.32. The van der Waals surface area contributed by atoms with Crippen molar-refractivity contribution in [1.82, 2.24) is 4.90 Å². The smallest absolute Gasteiger partial charge is 0.260 e. The van der Waals surface area contributed by atoms with Crippen molar-refractivity contribution in [3.63, 3.8) is 0 Å². The molecule has 4 heteroatoms. The van der Waals surface area contributed by atoms with Gasteiger partial charge in [-0.05, 0) is 49.3 Å². The Morgan fingerprint density at radius 3 is 2.44 bits per heavy atom. The van der Waals surface area contributed by atoms with Gasteiger partial charge in [-0.1, -0.05) is 42.5 Å². The summed E-state index contributed by atoms with van der Waals surface area (Å²) >= 11 is 0. The molecule has 0 radical (unpaired) electrons. The van der Waals surface area contributed by atoms with E-state index in [0.717, 1.165) is 32.4 Å². The molecular weight excluding hydrogens is 314 g/mol. The van der Waals surface area contributed by atoms with E-state index in [1.807, 2.05) is 11.0 Å². The zero-order valence-corrected chi connectivity index (χ0v) is 14.4. The summed E-state index contributed by atoms with van der Waals surface area (Å²) in [5, 5.41) is 9.67. The summed E-state index contributed by atoms with van der Waals surface area (Å²) in [6.07, 6.45) is 4.39. The van der Waals surface area contributed by atoms with Gasteiger partial charge in [0.15, 0.2) is 18.1 Å². The van der Waals surface area contributed by atoms with Gasteiger partial charge >= 0.3 is 0 Å². The van der Waals surface area contributed by atoms with Crippen LogP contribution in [0.1, 0.15) is 24.8 Å². The lowest BCUT2D eigenvalue weighted by atomic mass is 9.90. The third kappa shape index (κ3) is 4.99. The van der Waals surface area contributed by atoms with Crippen molar-refractivity contribution in [1.29, 1.82) is 0 Å². The van der Waals surface area contributed by atoms with Crippen LogP contribution < -0.4 is 4.74 Å². The molecule has 2 aromatic carbocycles. The first kappa shape index (κ1) is 17.3. The Morgan fingerprint density at radius 2 is 1.72 bits per heavy atom. The molecule has 1 heterocycles. The van der Waals surface area contributed by atoms with Crippen LogP contribution in [0.3, 0.4) is 0 Å². The molecular formula is C21H25NO3. The van der Waals surface area contributed by atoms with E-state index in [-0.39, 0.29) is 18.3 Å². The van der Waals surface area contributed by atoms with Gasteiger partial charge in [-0.3, -0.25) is 4.79 Å². The highest BCUT2D eigenvalue weighted by Crippen LogP contribution is 2.25. The quantitative estimate of drug-likeness (QED) is 0.874. The first-order valence-electron chi connectivity index (χ1n) is 8.95. The van der Waals surface area contributed by atoms with Crippen molar-refractivity contribution >= 4 is 5.91 Å². The molecule has 0 aliphatic carbocycles. The van der Waals surface area contributed by atoms with Gasteiger partial charge in [0.1, 0.15) is 0 Å². The van der Waals surface area contributed by atoms with E-state index in [9.17, 15) is 9.90 Å². The molecule has 1 aliphatic rings. The van der Waals surface area contributed by atoms with Crippen molar-refractivity contribution in [2.75, 3.05) is 19.7 Å². The minimum absolute atomic E-state index is 0.00948. The summed E-state index contributed by atoms with van der Waals surface area (Å²) in [4.78, 5) is 14.2. The molecule has 0 atom stereocenters. The van der Waals surface area contributed by atoms with E-state index in [0.29, 0.717) is 11.7 Å². The van der Waals surface area contributed by atoms with Gasteiger partial charge in [0, 0.05) is 13.1 Å². The Labute approximate surface area is 149 Å². The zero-order valence-electron chi connectivity index (χ0n) is 14.4. The molecule has 4 nitrogen and oxygen atoms in total. The number of ether oxygens (including phenoxy) is 1. The van der Waals surface area contributed by atoms with Gasteiger partial charge < -0.3 is 14.7 Å². The Morgan fingerprint density at radius 1 is 1.04 bits per heavy atom. The van der Waals surface area contributed by atoms with Crippen LogP contribution in [0.2, 0.25) is 0 Å². The average Bonchev–Trinajstić information content (AvgIpc) is 2.67. The predicted molar refractivity (Wildman–Crippen MR) is 97.7 cm³/mol. The third-order valence-corrected chi connectivity index (χ3v) is 4.87. The van der Waals surface area contributed by atoms with Crippen LogP contribution in [0.5, 0.6) is 11.5 Å². The highest BCUT2D eigenvalue weighted by atomic mass is 16.5. The summed E-state index contributed by atoms with van der Waals surface area (Å²) in [5.74, 6) is 1.09. The number of para-hydroxylation sites is 2. The number of rotatable bonds is 6. The molecule has 0 spiro atoms. The van der Waals surface area contributed by atoms with E-state index in [1.165, 1.54) is 12.0 Å². The number of piperidine rings is 1. The predicted octanol–water partition coefficient (Wildman–Crippen LogP) is 3.64. The number of aromatic hydroxyl groups is 1. The monoisotopic (exact) mass is 339 g/mol. The number of carbonyl (C=O) groups excluding carboxylic acids is 1. The summed E-state index contributed by atoms with van der Waals surface area (Å²) < 4.78 is 5.44. The Bertz CT molecular complexity index is 679. The molecule has 0 aromatic heterocycles. The lowest BCUT2D eigenvalue weighted by molar-refractivity contribution is -0.134. The fraction of sp³-hybridized carbons (Fsp3) is 0.381. The molecule has 3 rings (SSSR count). The highest BCUT2D eigenvalue weighted by Gasteiger charge is 2.23. The zero-order chi connectivity index (χ0) is 17.5. The number of carbonyl (C=O) groups is 1. The topological polar surface area (TPSA) is 49.8 Å². The largest absolute Gasteiger partial charge is 0.504 e. The number of phenols is 1. The number of phenolic OH excluding ortho intramolecular Hbond substituents is 1. The number of hydrogen-bond acceptors (Lipinski definition) is 3. The van der Waals surface area contributed by atoms with Crippen LogP contribution in [0, 0.1) is 5.92 Å². The van der Waals surface area contributed by atoms with Gasteiger partial charge in [-0.2, -0.15) is 0 Å². The number of hydrogen-bond donors (Lipinski definition) is 1. The number of likely N-dealkylation sites (tertiary alicyclic amines) is 1. The second-order valence-corrected chi connectivity index (χ2v) is 6.60. The van der Waals surface area contributed by atoms with Crippen molar-refractivity contribution in [2.24, 2.45) is 5.92 Å². The van der Waals surface area contributed by atoms with Gasteiger partial charge in [-0.25, -0.2) is 0 Å². The summed E-state index contributed by atoms with van der Waals surface area (Å²) in [7, 11) is 0. The average molecular weight is 339 g/mol. The summed E-state index contributed by atoms with van der Waals surface area (Å²) in [6, 6.07) is 17.3. The third-order valence-electron chi connectivity index (χ3n) is 4.87. The first-order valence-corrected chi connectivity index (χ1v) is 8.95. The van der Waals surface area contributed by atoms with Crippen LogP contribution in [-0.2, 0) is 11.2 Å². The Balaban J connectivity index is 1.39. The Kier molecular flexibility index (Phi) is 5.94. The molecule has 2 aromatic rings. The summed E-state index contributed by atoms with van der Waals surface area (Å²) in [6.45, 7) is 1.57. The fourth-order valence-corrected chi connectivity index (χ4v) is 3.30. The molecule has 25 heavy (non-hydrogen) atoms. The van der Waals surface area contributed by atoms with Crippen molar-refractivity contribution in [3.8, 4) is 11.5 Å². The maximum atomic E-state index is 12.3. The summed E-state index contributed by atoms with van der Waals surface area (Å²) in [5.41, 5.74) is 1.39. The standard InChI is InChI=1S/C21H25NO3/c23-19-8-4-5-9-20(19)25-16-21(24)22-14-12-18(13-15-22)11-10-17-6-2-1-3-7-17/h1-9,18,23H,10-16H2. The molecule has 1 aliphatic heterocycles. The molecule has 132 valence electrons. The normalized spacial score (nSPS) is 15.1. The van der Waals surface area contributed by atoms with E-state index >= 15 is 0 Å². The van der Waals surface area contributed by atoms with Crippen molar-refractivity contribution < 1.29 is 14.6 Å². The SMILES string of the molecule is O=C(COc1ccccc1O)N1CCC(CCc2ccccc2)CC1. The minimum atomic E-state index is -0.0216. The second kappa shape index (κ2) is 8.56. The maximum Gasteiger partial charge on any atom is 0.260 e. The molecule has 1 amide bonds. The molecule has 1 saturated heterocycles. The van der Waals surface area contributed by atoms with Crippen LogP contribution in [0.4, 0.5) is 0 Å². The van der Waals surface area contributed by atoms with E-state index in [4.69, 9.17) is 4.74 Å².